The Bertz CT molecular complexity index is 895. The third-order valence-corrected chi connectivity index (χ3v) is 5.89. The first kappa shape index (κ1) is 22.9. The van der Waals surface area contributed by atoms with Crippen molar-refractivity contribution in [2.24, 2.45) is 5.92 Å². The molecule has 2 rings (SSSR count). The lowest BCUT2D eigenvalue weighted by atomic mass is 9.97. The van der Waals surface area contributed by atoms with E-state index in [0.717, 1.165) is 17.5 Å². The van der Waals surface area contributed by atoms with Crippen LogP contribution in [0.25, 0.3) is 0 Å². The third kappa shape index (κ3) is 7.54. The Morgan fingerprint density at radius 3 is 2.34 bits per heavy atom. The van der Waals surface area contributed by atoms with Gasteiger partial charge in [-0.05, 0) is 48.9 Å². The summed E-state index contributed by atoms with van der Waals surface area (Å²) in [5, 5.41) is 3.12. The number of benzene rings is 2. The number of amides is 1. The molecule has 0 aliphatic heterocycles. The third-order valence-electron chi connectivity index (χ3n) is 4.70. The predicted molar refractivity (Wildman–Crippen MR) is 119 cm³/mol. The van der Waals surface area contributed by atoms with E-state index in [1.807, 2.05) is 55.5 Å². The molecule has 0 fully saturated rings. The van der Waals surface area contributed by atoms with E-state index in [9.17, 15) is 13.2 Å². The van der Waals surface area contributed by atoms with Gasteiger partial charge in [-0.3, -0.25) is 9.10 Å². The van der Waals surface area contributed by atoms with Crippen LogP contribution in [0.3, 0.4) is 0 Å². The summed E-state index contributed by atoms with van der Waals surface area (Å²) < 4.78 is 25.8. The number of sulfonamides is 1. The van der Waals surface area contributed by atoms with E-state index in [2.05, 4.69) is 19.2 Å². The molecule has 0 aliphatic carbocycles. The zero-order chi connectivity index (χ0) is 21.4. The van der Waals surface area contributed by atoms with Crippen molar-refractivity contribution in [2.45, 2.75) is 46.1 Å². The highest BCUT2D eigenvalue weighted by molar-refractivity contribution is 7.92. The standard InChI is InChI=1S/C23H32N2O3S/c1-18(2)16-22(20-11-6-5-7-12-20)24-23(26)14-9-15-25(29(4,27)28)21-13-8-10-19(3)17-21/h5-8,10-13,17-18,22H,9,14-16H2,1-4H3,(H,24,26). The average molecular weight is 417 g/mol. The van der Waals surface area contributed by atoms with Crippen molar-refractivity contribution in [3.63, 3.8) is 0 Å². The maximum atomic E-state index is 12.6. The van der Waals surface area contributed by atoms with Gasteiger partial charge in [0.25, 0.3) is 0 Å². The Kier molecular flexibility index (Phi) is 8.26. The van der Waals surface area contributed by atoms with Gasteiger partial charge in [0.05, 0.1) is 18.0 Å². The van der Waals surface area contributed by atoms with Crippen molar-refractivity contribution >= 4 is 21.6 Å². The monoisotopic (exact) mass is 416 g/mol. The molecule has 2 aromatic rings. The Labute approximate surface area is 175 Å². The second-order valence-electron chi connectivity index (χ2n) is 7.94. The van der Waals surface area contributed by atoms with Gasteiger partial charge in [0.1, 0.15) is 0 Å². The van der Waals surface area contributed by atoms with Crippen molar-refractivity contribution in [3.05, 3.63) is 65.7 Å². The van der Waals surface area contributed by atoms with E-state index in [0.29, 0.717) is 18.0 Å². The molecule has 0 bridgehead atoms. The summed E-state index contributed by atoms with van der Waals surface area (Å²) in [5.74, 6) is 0.389. The van der Waals surface area contributed by atoms with Gasteiger partial charge in [0.2, 0.25) is 15.9 Å². The van der Waals surface area contributed by atoms with Crippen molar-refractivity contribution in [1.82, 2.24) is 5.32 Å². The topological polar surface area (TPSA) is 66.5 Å². The lowest BCUT2D eigenvalue weighted by Crippen LogP contribution is -2.33. The molecule has 0 saturated heterocycles. The number of aryl methyl sites for hydroxylation is 1. The van der Waals surface area contributed by atoms with Crippen LogP contribution in [0.1, 0.15) is 50.3 Å². The largest absolute Gasteiger partial charge is 0.349 e. The van der Waals surface area contributed by atoms with Crippen molar-refractivity contribution in [1.29, 1.82) is 0 Å². The van der Waals surface area contributed by atoms with E-state index in [1.165, 1.54) is 10.6 Å². The van der Waals surface area contributed by atoms with Crippen molar-refractivity contribution in [3.8, 4) is 0 Å². The number of nitrogens with one attached hydrogen (secondary N) is 1. The predicted octanol–water partition coefficient (Wildman–Crippen LogP) is 4.44. The number of rotatable bonds is 10. The molecule has 0 saturated carbocycles. The lowest BCUT2D eigenvalue weighted by Gasteiger charge is -2.24. The lowest BCUT2D eigenvalue weighted by molar-refractivity contribution is -0.122. The molecule has 0 spiro atoms. The van der Waals surface area contributed by atoms with Crippen molar-refractivity contribution < 1.29 is 13.2 Å². The van der Waals surface area contributed by atoms with E-state index in [1.54, 1.807) is 6.07 Å². The van der Waals surface area contributed by atoms with Gasteiger partial charge in [-0.2, -0.15) is 0 Å². The minimum Gasteiger partial charge on any atom is -0.349 e. The fourth-order valence-electron chi connectivity index (χ4n) is 3.35. The molecule has 1 unspecified atom stereocenters. The van der Waals surface area contributed by atoms with E-state index >= 15 is 0 Å². The Morgan fingerprint density at radius 1 is 1.07 bits per heavy atom. The summed E-state index contributed by atoms with van der Waals surface area (Å²) in [6, 6.07) is 17.3. The van der Waals surface area contributed by atoms with Gasteiger partial charge in [0.15, 0.2) is 0 Å². The maximum Gasteiger partial charge on any atom is 0.232 e. The molecule has 1 atom stereocenters. The highest BCUT2D eigenvalue weighted by Crippen LogP contribution is 2.22. The van der Waals surface area contributed by atoms with Crippen LogP contribution < -0.4 is 9.62 Å². The molecule has 6 heteroatoms. The first-order valence-electron chi connectivity index (χ1n) is 10.1. The van der Waals surface area contributed by atoms with E-state index < -0.39 is 10.0 Å². The molecule has 29 heavy (non-hydrogen) atoms. The first-order chi connectivity index (χ1) is 13.7. The molecule has 2 aromatic carbocycles. The first-order valence-corrected chi connectivity index (χ1v) is 11.9. The molecule has 1 N–H and O–H groups in total. The van der Waals surface area contributed by atoms with Crippen LogP contribution in [-0.4, -0.2) is 27.1 Å². The molecule has 158 valence electrons. The minimum absolute atomic E-state index is 0.0357. The number of hydrogen-bond acceptors (Lipinski definition) is 3. The minimum atomic E-state index is -3.41. The Hall–Kier alpha value is -2.34. The van der Waals surface area contributed by atoms with Gasteiger partial charge >= 0.3 is 0 Å². The molecule has 5 nitrogen and oxygen atoms in total. The molecule has 0 heterocycles. The number of carbonyl (C=O) groups is 1. The number of hydrogen-bond donors (Lipinski definition) is 1. The summed E-state index contributed by atoms with van der Waals surface area (Å²) >= 11 is 0. The van der Waals surface area contributed by atoms with Crippen LogP contribution in [0.2, 0.25) is 0 Å². The normalized spacial score (nSPS) is 12.6. The highest BCUT2D eigenvalue weighted by Gasteiger charge is 2.19. The van der Waals surface area contributed by atoms with Gasteiger partial charge in [-0.15, -0.1) is 0 Å². The molecular weight excluding hydrogens is 384 g/mol. The second kappa shape index (κ2) is 10.4. The number of carbonyl (C=O) groups excluding carboxylic acids is 1. The summed E-state index contributed by atoms with van der Waals surface area (Å²) in [7, 11) is -3.41. The van der Waals surface area contributed by atoms with Gasteiger partial charge in [-0.25, -0.2) is 8.42 Å². The number of anilines is 1. The summed E-state index contributed by atoms with van der Waals surface area (Å²) in [6.07, 6.45) is 2.79. The molecule has 0 aromatic heterocycles. The van der Waals surface area contributed by atoms with Crippen LogP contribution in [0.15, 0.2) is 54.6 Å². The fraction of sp³-hybridized carbons (Fsp3) is 0.435. The Balaban J connectivity index is 1.99. The zero-order valence-corrected chi connectivity index (χ0v) is 18.6. The van der Waals surface area contributed by atoms with E-state index in [4.69, 9.17) is 0 Å². The fourth-order valence-corrected chi connectivity index (χ4v) is 4.31. The smallest absolute Gasteiger partial charge is 0.232 e. The highest BCUT2D eigenvalue weighted by atomic mass is 32.2. The van der Waals surface area contributed by atoms with Crippen LogP contribution in [0.4, 0.5) is 5.69 Å². The van der Waals surface area contributed by atoms with Crippen LogP contribution in [0, 0.1) is 12.8 Å². The number of nitrogens with zero attached hydrogens (tertiary/aromatic N) is 1. The second-order valence-corrected chi connectivity index (χ2v) is 9.84. The van der Waals surface area contributed by atoms with Crippen LogP contribution in [0.5, 0.6) is 0 Å². The quantitative estimate of drug-likeness (QED) is 0.622. The molecule has 0 aliphatic rings. The SMILES string of the molecule is Cc1cccc(N(CCCC(=O)NC(CC(C)C)c2ccccc2)S(C)(=O)=O)c1. The average Bonchev–Trinajstić information content (AvgIpc) is 2.64. The Morgan fingerprint density at radius 2 is 1.76 bits per heavy atom. The molecule has 0 radical (unpaired) electrons. The molecule has 1 amide bonds. The van der Waals surface area contributed by atoms with Gasteiger partial charge in [-0.1, -0.05) is 56.3 Å². The van der Waals surface area contributed by atoms with Crippen LogP contribution in [-0.2, 0) is 14.8 Å². The summed E-state index contributed by atoms with van der Waals surface area (Å²) in [4.78, 5) is 12.6. The molecular formula is C23H32N2O3S. The summed E-state index contributed by atoms with van der Waals surface area (Å²) in [5.41, 5.74) is 2.72. The van der Waals surface area contributed by atoms with Gasteiger partial charge < -0.3 is 5.32 Å². The van der Waals surface area contributed by atoms with Gasteiger partial charge in [0, 0.05) is 13.0 Å². The summed E-state index contributed by atoms with van der Waals surface area (Å²) in [6.45, 7) is 6.47. The maximum absolute atomic E-state index is 12.6. The van der Waals surface area contributed by atoms with Crippen molar-refractivity contribution in [2.75, 3.05) is 17.1 Å². The van der Waals surface area contributed by atoms with Crippen LogP contribution >= 0.6 is 0 Å². The zero-order valence-electron chi connectivity index (χ0n) is 17.8. The van der Waals surface area contributed by atoms with E-state index in [-0.39, 0.29) is 24.9 Å².